The fourth-order valence-electron chi connectivity index (χ4n) is 3.09. The number of hydrogen-bond acceptors (Lipinski definition) is 4. The van der Waals surface area contributed by atoms with E-state index in [1.54, 1.807) is 12.1 Å². The van der Waals surface area contributed by atoms with Crippen molar-refractivity contribution in [1.82, 2.24) is 10.6 Å². The highest BCUT2D eigenvalue weighted by Crippen LogP contribution is 2.12. The van der Waals surface area contributed by atoms with E-state index in [9.17, 15) is 9.59 Å². The first kappa shape index (κ1) is 21.2. The fraction of sp³-hybridized carbons (Fsp3) is 0.619. The van der Waals surface area contributed by atoms with Crippen molar-refractivity contribution in [2.24, 2.45) is 0 Å². The van der Waals surface area contributed by atoms with Crippen LogP contribution in [0.15, 0.2) is 24.3 Å². The van der Waals surface area contributed by atoms with Crippen LogP contribution in [0.4, 0.5) is 5.69 Å². The maximum atomic E-state index is 12.3. The van der Waals surface area contributed by atoms with Gasteiger partial charge in [0.15, 0.2) is 0 Å². The van der Waals surface area contributed by atoms with Gasteiger partial charge < -0.3 is 20.7 Å². The summed E-state index contributed by atoms with van der Waals surface area (Å²) in [7, 11) is 0. The van der Waals surface area contributed by atoms with Crippen molar-refractivity contribution in [3.63, 3.8) is 0 Å². The van der Waals surface area contributed by atoms with E-state index < -0.39 is 0 Å². The predicted molar refractivity (Wildman–Crippen MR) is 108 cm³/mol. The highest BCUT2D eigenvalue weighted by Gasteiger charge is 2.16. The van der Waals surface area contributed by atoms with Crippen LogP contribution in [-0.2, 0) is 9.53 Å². The first-order valence-corrected chi connectivity index (χ1v) is 10.2. The number of unbranched alkanes of at least 4 members (excludes halogenated alkanes) is 4. The monoisotopic (exact) mass is 375 g/mol. The first-order chi connectivity index (χ1) is 13.2. The SMILES string of the molecule is CCCCCCCNC(=O)CNc1cccc(C(=O)NCC2CCCO2)c1. The summed E-state index contributed by atoms with van der Waals surface area (Å²) in [6.07, 6.45) is 8.06. The first-order valence-electron chi connectivity index (χ1n) is 10.2. The van der Waals surface area contributed by atoms with Crippen molar-refractivity contribution in [2.45, 2.75) is 58.0 Å². The quantitative estimate of drug-likeness (QED) is 0.491. The van der Waals surface area contributed by atoms with Crippen LogP contribution in [0.25, 0.3) is 0 Å². The summed E-state index contributed by atoms with van der Waals surface area (Å²) in [6, 6.07) is 7.21. The number of amides is 2. The number of benzene rings is 1. The Morgan fingerprint density at radius 1 is 1.15 bits per heavy atom. The van der Waals surface area contributed by atoms with E-state index in [0.29, 0.717) is 12.1 Å². The Hall–Kier alpha value is -2.08. The molecule has 0 spiro atoms. The van der Waals surface area contributed by atoms with Gasteiger partial charge in [-0.15, -0.1) is 0 Å². The van der Waals surface area contributed by atoms with Gasteiger partial charge in [-0.2, -0.15) is 0 Å². The molecule has 6 nitrogen and oxygen atoms in total. The molecule has 1 aromatic carbocycles. The lowest BCUT2D eigenvalue weighted by atomic mass is 10.1. The molecule has 1 fully saturated rings. The minimum absolute atomic E-state index is 0.0290. The van der Waals surface area contributed by atoms with Gasteiger partial charge in [0.25, 0.3) is 5.91 Å². The number of carbonyl (C=O) groups is 2. The lowest BCUT2D eigenvalue weighted by molar-refractivity contribution is -0.119. The summed E-state index contributed by atoms with van der Waals surface area (Å²) in [5.74, 6) is -0.149. The molecule has 1 unspecified atom stereocenters. The van der Waals surface area contributed by atoms with Crippen molar-refractivity contribution in [3.05, 3.63) is 29.8 Å². The number of rotatable bonds is 12. The van der Waals surface area contributed by atoms with Crippen LogP contribution in [0, 0.1) is 0 Å². The minimum atomic E-state index is -0.120. The largest absolute Gasteiger partial charge is 0.376 e. The molecule has 1 heterocycles. The molecule has 2 rings (SSSR count). The van der Waals surface area contributed by atoms with Gasteiger partial charge in [-0.25, -0.2) is 0 Å². The molecule has 3 N–H and O–H groups in total. The number of hydrogen-bond donors (Lipinski definition) is 3. The summed E-state index contributed by atoms with van der Waals surface area (Å²) in [4.78, 5) is 24.2. The highest BCUT2D eigenvalue weighted by atomic mass is 16.5. The molecule has 27 heavy (non-hydrogen) atoms. The van der Waals surface area contributed by atoms with E-state index in [-0.39, 0.29) is 24.5 Å². The number of carbonyl (C=O) groups excluding carboxylic acids is 2. The zero-order valence-corrected chi connectivity index (χ0v) is 16.4. The Morgan fingerprint density at radius 2 is 2.00 bits per heavy atom. The smallest absolute Gasteiger partial charge is 0.251 e. The second kappa shape index (κ2) is 12.3. The van der Waals surface area contributed by atoms with Gasteiger partial charge in [0.1, 0.15) is 0 Å². The van der Waals surface area contributed by atoms with Crippen LogP contribution in [0.1, 0.15) is 62.2 Å². The Balaban J connectivity index is 1.66. The molecule has 0 saturated carbocycles. The second-order valence-corrected chi connectivity index (χ2v) is 7.04. The topological polar surface area (TPSA) is 79.5 Å². The van der Waals surface area contributed by atoms with Gasteiger partial charge in [-0.3, -0.25) is 9.59 Å². The molecule has 1 atom stereocenters. The van der Waals surface area contributed by atoms with E-state index in [4.69, 9.17) is 4.74 Å². The van der Waals surface area contributed by atoms with Gasteiger partial charge in [0, 0.05) is 30.9 Å². The van der Waals surface area contributed by atoms with Crippen LogP contribution in [-0.4, -0.2) is 44.2 Å². The zero-order chi connectivity index (χ0) is 19.3. The van der Waals surface area contributed by atoms with E-state index in [1.807, 2.05) is 12.1 Å². The van der Waals surface area contributed by atoms with E-state index >= 15 is 0 Å². The van der Waals surface area contributed by atoms with Crippen LogP contribution in [0.3, 0.4) is 0 Å². The van der Waals surface area contributed by atoms with Crippen LogP contribution >= 0.6 is 0 Å². The van der Waals surface area contributed by atoms with Crippen molar-refractivity contribution < 1.29 is 14.3 Å². The Kier molecular flexibility index (Phi) is 9.69. The molecule has 0 radical (unpaired) electrons. The van der Waals surface area contributed by atoms with Crippen molar-refractivity contribution in [3.8, 4) is 0 Å². The van der Waals surface area contributed by atoms with Crippen LogP contribution < -0.4 is 16.0 Å². The number of ether oxygens (including phenoxy) is 1. The average molecular weight is 376 g/mol. The molecular weight excluding hydrogens is 342 g/mol. The normalized spacial score (nSPS) is 16.1. The lowest BCUT2D eigenvalue weighted by Crippen LogP contribution is -2.32. The maximum absolute atomic E-state index is 12.3. The number of nitrogens with one attached hydrogen (secondary N) is 3. The van der Waals surface area contributed by atoms with Gasteiger partial charge in [0.2, 0.25) is 5.91 Å². The third-order valence-corrected chi connectivity index (χ3v) is 4.69. The summed E-state index contributed by atoms with van der Waals surface area (Å²) < 4.78 is 5.52. The van der Waals surface area contributed by atoms with Gasteiger partial charge >= 0.3 is 0 Å². The van der Waals surface area contributed by atoms with Crippen LogP contribution in [0.2, 0.25) is 0 Å². The summed E-state index contributed by atoms with van der Waals surface area (Å²) in [5.41, 5.74) is 1.34. The molecule has 0 bridgehead atoms. The molecule has 6 heteroatoms. The summed E-state index contributed by atoms with van der Waals surface area (Å²) in [5, 5.41) is 8.92. The Labute approximate surface area is 162 Å². The Morgan fingerprint density at radius 3 is 2.78 bits per heavy atom. The maximum Gasteiger partial charge on any atom is 0.251 e. The molecule has 1 aromatic rings. The van der Waals surface area contributed by atoms with Gasteiger partial charge in [0.05, 0.1) is 12.6 Å². The third kappa shape index (κ3) is 8.43. The standard InChI is InChI=1S/C21H33N3O3/c1-2-3-4-5-6-12-22-20(25)16-23-18-10-7-9-17(14-18)21(26)24-15-19-11-8-13-27-19/h7,9-10,14,19,23H,2-6,8,11-13,15-16H2,1H3,(H,22,25)(H,24,26). The van der Waals surface area contributed by atoms with E-state index in [2.05, 4.69) is 22.9 Å². The summed E-state index contributed by atoms with van der Waals surface area (Å²) in [6.45, 7) is 4.43. The third-order valence-electron chi connectivity index (χ3n) is 4.69. The van der Waals surface area contributed by atoms with E-state index in [0.717, 1.165) is 44.5 Å². The molecule has 0 aliphatic carbocycles. The number of anilines is 1. The molecule has 2 amide bonds. The van der Waals surface area contributed by atoms with Crippen molar-refractivity contribution in [2.75, 3.05) is 31.6 Å². The molecule has 1 saturated heterocycles. The Bertz CT molecular complexity index is 586. The summed E-state index contributed by atoms with van der Waals surface area (Å²) >= 11 is 0. The zero-order valence-electron chi connectivity index (χ0n) is 16.4. The van der Waals surface area contributed by atoms with Crippen molar-refractivity contribution >= 4 is 17.5 Å². The fourth-order valence-corrected chi connectivity index (χ4v) is 3.09. The van der Waals surface area contributed by atoms with Crippen LogP contribution in [0.5, 0.6) is 0 Å². The molecular formula is C21H33N3O3. The van der Waals surface area contributed by atoms with Crippen molar-refractivity contribution in [1.29, 1.82) is 0 Å². The van der Waals surface area contributed by atoms with E-state index in [1.165, 1.54) is 19.3 Å². The molecule has 1 aliphatic rings. The molecule has 150 valence electrons. The second-order valence-electron chi connectivity index (χ2n) is 7.04. The average Bonchev–Trinajstić information content (AvgIpc) is 3.21. The lowest BCUT2D eigenvalue weighted by Gasteiger charge is -2.12. The predicted octanol–water partition coefficient (Wildman–Crippen LogP) is 3.09. The van der Waals surface area contributed by atoms with Gasteiger partial charge in [-0.05, 0) is 37.5 Å². The minimum Gasteiger partial charge on any atom is -0.376 e. The molecule has 1 aliphatic heterocycles. The van der Waals surface area contributed by atoms with Gasteiger partial charge in [-0.1, -0.05) is 38.7 Å². The highest BCUT2D eigenvalue weighted by molar-refractivity contribution is 5.95. The molecule has 0 aromatic heterocycles.